The fourth-order valence-electron chi connectivity index (χ4n) is 5.92. The predicted molar refractivity (Wildman–Crippen MR) is 166 cm³/mol. The number of hydrogen-bond donors (Lipinski definition) is 3. The van der Waals surface area contributed by atoms with E-state index < -0.39 is 33.8 Å². The summed E-state index contributed by atoms with van der Waals surface area (Å²) in [6, 6.07) is 11.2. The van der Waals surface area contributed by atoms with E-state index >= 15 is 0 Å². The van der Waals surface area contributed by atoms with E-state index in [4.69, 9.17) is 9.81 Å². The maximum atomic E-state index is 14.0. The van der Waals surface area contributed by atoms with Crippen molar-refractivity contribution < 1.29 is 35.7 Å². The minimum atomic E-state index is -4.66. The molecule has 2 fully saturated rings. The van der Waals surface area contributed by atoms with Crippen LogP contribution in [0.3, 0.4) is 0 Å². The second kappa shape index (κ2) is 15.6. The van der Waals surface area contributed by atoms with E-state index in [1.165, 1.54) is 0 Å². The third-order valence-electron chi connectivity index (χ3n) is 8.41. The van der Waals surface area contributed by atoms with E-state index in [0.717, 1.165) is 30.9 Å². The number of aromatic nitrogens is 1. The number of halogens is 3. The number of pyridine rings is 1. The number of nitriles is 1. The monoisotopic (exact) mass is 664 g/mol. The standard InChI is InChI=1S/C31H39F3N6O5S/c32-31(33,34)27-19-25(39-16-11-22(12-17-39)3-1-5-29(41)36-14-18-46(43,44)45)20-28(38-27)40-15-2-4-26(40)30(42)37-13-10-23-6-8-24(21-35)9-7-23/h6-9,19-20,22,26H,1-5,10-18H2,(H,36,41)(H,37,42)(H,43,44,45). The lowest BCUT2D eigenvalue weighted by Crippen LogP contribution is -2.44. The highest BCUT2D eigenvalue weighted by molar-refractivity contribution is 7.85. The summed E-state index contributed by atoms with van der Waals surface area (Å²) in [4.78, 5) is 32.6. The van der Waals surface area contributed by atoms with Crippen LogP contribution in [0.2, 0.25) is 0 Å². The predicted octanol–water partition coefficient (Wildman–Crippen LogP) is 3.69. The highest BCUT2D eigenvalue weighted by Crippen LogP contribution is 2.36. The van der Waals surface area contributed by atoms with Gasteiger partial charge in [-0.25, -0.2) is 4.98 Å². The van der Waals surface area contributed by atoms with Gasteiger partial charge in [-0.3, -0.25) is 14.1 Å². The van der Waals surface area contributed by atoms with Gasteiger partial charge in [-0.2, -0.15) is 26.9 Å². The molecule has 0 bridgehead atoms. The highest BCUT2D eigenvalue weighted by atomic mass is 32.2. The van der Waals surface area contributed by atoms with E-state index in [1.807, 2.05) is 17.0 Å². The van der Waals surface area contributed by atoms with Crippen molar-refractivity contribution >= 4 is 33.4 Å². The third kappa shape index (κ3) is 10.3. The Labute approximate surface area is 266 Å². The van der Waals surface area contributed by atoms with Crippen molar-refractivity contribution in [1.29, 1.82) is 5.26 Å². The number of alkyl halides is 3. The maximum Gasteiger partial charge on any atom is 0.433 e. The molecule has 2 amide bonds. The molecule has 0 aliphatic carbocycles. The Kier molecular flexibility index (Phi) is 11.9. The van der Waals surface area contributed by atoms with E-state index in [9.17, 15) is 31.2 Å². The van der Waals surface area contributed by atoms with Crippen LogP contribution in [0.5, 0.6) is 0 Å². The lowest BCUT2D eigenvalue weighted by Gasteiger charge is -2.35. The van der Waals surface area contributed by atoms with Gasteiger partial charge in [0.1, 0.15) is 17.6 Å². The van der Waals surface area contributed by atoms with Crippen LogP contribution < -0.4 is 20.4 Å². The minimum absolute atomic E-state index is 0.122. The average Bonchev–Trinajstić information content (AvgIpc) is 3.51. The van der Waals surface area contributed by atoms with Gasteiger partial charge in [-0.05, 0) is 74.6 Å². The van der Waals surface area contributed by atoms with Gasteiger partial charge in [0.15, 0.2) is 0 Å². The first-order valence-corrected chi connectivity index (χ1v) is 17.0. The van der Waals surface area contributed by atoms with E-state index in [2.05, 4.69) is 21.7 Å². The second-order valence-electron chi connectivity index (χ2n) is 11.7. The zero-order valence-electron chi connectivity index (χ0n) is 25.4. The molecule has 0 spiro atoms. The molecule has 1 aromatic carbocycles. The summed E-state index contributed by atoms with van der Waals surface area (Å²) in [6.45, 7) is 1.67. The zero-order valence-corrected chi connectivity index (χ0v) is 26.2. The number of hydrogen-bond acceptors (Lipinski definition) is 8. The number of amides is 2. The quantitative estimate of drug-likeness (QED) is 0.272. The second-order valence-corrected chi connectivity index (χ2v) is 13.3. The number of benzene rings is 1. The van der Waals surface area contributed by atoms with Crippen LogP contribution in [0.15, 0.2) is 36.4 Å². The average molecular weight is 665 g/mol. The molecule has 0 saturated carbocycles. The Balaban J connectivity index is 1.33. The molecule has 46 heavy (non-hydrogen) atoms. The number of carbonyl (C=O) groups excluding carboxylic acids is 2. The topological polar surface area (TPSA) is 156 Å². The van der Waals surface area contributed by atoms with Crippen LogP contribution in [0.25, 0.3) is 0 Å². The number of anilines is 2. The molecule has 1 unspecified atom stereocenters. The van der Waals surface area contributed by atoms with Crippen LogP contribution in [-0.2, 0) is 32.3 Å². The molecule has 3 heterocycles. The largest absolute Gasteiger partial charge is 0.433 e. The molecule has 1 atom stereocenters. The molecule has 0 radical (unpaired) electrons. The van der Waals surface area contributed by atoms with Gasteiger partial charge in [0.25, 0.3) is 10.1 Å². The zero-order chi connectivity index (χ0) is 33.3. The van der Waals surface area contributed by atoms with E-state index in [-0.39, 0.29) is 30.6 Å². The van der Waals surface area contributed by atoms with Gasteiger partial charge in [0, 0.05) is 50.9 Å². The molecule has 15 heteroatoms. The first-order chi connectivity index (χ1) is 21.8. The first-order valence-electron chi connectivity index (χ1n) is 15.4. The molecular weight excluding hydrogens is 625 g/mol. The third-order valence-corrected chi connectivity index (χ3v) is 9.13. The number of carbonyl (C=O) groups is 2. The van der Waals surface area contributed by atoms with Gasteiger partial charge >= 0.3 is 6.18 Å². The number of rotatable bonds is 13. The van der Waals surface area contributed by atoms with E-state index in [1.54, 1.807) is 23.1 Å². The molecular formula is C31H39F3N6O5S. The molecule has 2 saturated heterocycles. The van der Waals surface area contributed by atoms with Crippen molar-refractivity contribution in [3.8, 4) is 6.07 Å². The molecule has 3 N–H and O–H groups in total. The first kappa shape index (κ1) is 35.0. The molecule has 2 aliphatic heterocycles. The van der Waals surface area contributed by atoms with Gasteiger partial charge in [0.05, 0.1) is 17.4 Å². The normalized spacial score (nSPS) is 17.5. The van der Waals surface area contributed by atoms with Crippen molar-refractivity contribution in [3.05, 3.63) is 53.2 Å². The van der Waals surface area contributed by atoms with Crippen molar-refractivity contribution in [1.82, 2.24) is 15.6 Å². The van der Waals surface area contributed by atoms with Crippen molar-refractivity contribution in [2.45, 2.75) is 63.6 Å². The van der Waals surface area contributed by atoms with Crippen LogP contribution in [0, 0.1) is 17.2 Å². The van der Waals surface area contributed by atoms with Gasteiger partial charge in [-0.15, -0.1) is 0 Å². The van der Waals surface area contributed by atoms with Crippen molar-refractivity contribution in [2.24, 2.45) is 5.92 Å². The molecule has 2 aliphatic rings. The summed E-state index contributed by atoms with van der Waals surface area (Å²) in [5.74, 6) is -0.695. The Bertz CT molecular complexity index is 1510. The van der Waals surface area contributed by atoms with Gasteiger partial charge in [-0.1, -0.05) is 12.1 Å². The maximum absolute atomic E-state index is 14.0. The van der Waals surface area contributed by atoms with Crippen LogP contribution in [0.4, 0.5) is 24.7 Å². The summed E-state index contributed by atoms with van der Waals surface area (Å²) in [6.07, 6.45) is 0.0600. The molecule has 250 valence electrons. The fraction of sp³-hybridized carbons (Fsp3) is 0.548. The minimum Gasteiger partial charge on any atom is -0.371 e. The van der Waals surface area contributed by atoms with E-state index in [0.29, 0.717) is 69.0 Å². The van der Waals surface area contributed by atoms with Crippen molar-refractivity contribution in [2.75, 3.05) is 48.3 Å². The number of nitrogens with one attached hydrogen (secondary N) is 2. The molecule has 1 aromatic heterocycles. The van der Waals surface area contributed by atoms with Crippen LogP contribution in [-0.4, -0.2) is 74.3 Å². The lowest BCUT2D eigenvalue weighted by molar-refractivity contribution is -0.141. The lowest BCUT2D eigenvalue weighted by atomic mass is 9.91. The Morgan fingerprint density at radius 3 is 2.41 bits per heavy atom. The molecule has 4 rings (SSSR count). The van der Waals surface area contributed by atoms with Gasteiger partial charge < -0.3 is 20.4 Å². The Hall–Kier alpha value is -3.90. The van der Waals surface area contributed by atoms with Crippen molar-refractivity contribution in [3.63, 3.8) is 0 Å². The summed E-state index contributed by atoms with van der Waals surface area (Å²) in [5, 5.41) is 14.3. The van der Waals surface area contributed by atoms with Crippen LogP contribution in [0.1, 0.15) is 61.8 Å². The smallest absolute Gasteiger partial charge is 0.371 e. The molecule has 2 aromatic rings. The summed E-state index contributed by atoms with van der Waals surface area (Å²) in [7, 11) is -4.14. The summed E-state index contributed by atoms with van der Waals surface area (Å²) < 4.78 is 72.2. The molecule has 11 nitrogen and oxygen atoms in total. The fourth-order valence-corrected chi connectivity index (χ4v) is 6.28. The SMILES string of the molecule is N#Cc1ccc(CCNC(=O)C2CCCN2c2cc(N3CCC(CCCC(=O)NCCS(=O)(=O)O)CC3)cc(C(F)(F)F)n2)cc1. The number of piperidine rings is 1. The summed E-state index contributed by atoms with van der Waals surface area (Å²) >= 11 is 0. The van der Waals surface area contributed by atoms with Crippen LogP contribution >= 0.6 is 0 Å². The Morgan fingerprint density at radius 2 is 1.76 bits per heavy atom. The van der Waals surface area contributed by atoms with Gasteiger partial charge in [0.2, 0.25) is 11.8 Å². The summed E-state index contributed by atoms with van der Waals surface area (Å²) in [5.41, 5.74) is 0.896. The highest BCUT2D eigenvalue weighted by Gasteiger charge is 2.37. The number of nitrogens with zero attached hydrogens (tertiary/aromatic N) is 4. The Morgan fingerprint density at radius 1 is 1.04 bits per heavy atom.